The average molecular weight is 525 g/mol. The first-order chi connectivity index (χ1) is 19.2. The summed E-state index contributed by atoms with van der Waals surface area (Å²) in [5.74, 6) is -0.341. The lowest BCUT2D eigenvalue weighted by Gasteiger charge is -2.23. The number of hydrogen-bond acceptors (Lipinski definition) is 5. The van der Waals surface area contributed by atoms with Gasteiger partial charge in [-0.25, -0.2) is 0 Å². The second-order valence-corrected chi connectivity index (χ2v) is 8.52. The summed E-state index contributed by atoms with van der Waals surface area (Å²) in [6.45, 7) is 0.985. The summed E-state index contributed by atoms with van der Waals surface area (Å²) < 4.78 is 16.7. The minimum absolute atomic E-state index is 0.0764. The predicted molar refractivity (Wildman–Crippen MR) is 153 cm³/mol. The van der Waals surface area contributed by atoms with Gasteiger partial charge in [-0.1, -0.05) is 72.8 Å². The van der Waals surface area contributed by atoms with Gasteiger partial charge < -0.3 is 14.2 Å². The van der Waals surface area contributed by atoms with E-state index < -0.39 is 0 Å². The van der Waals surface area contributed by atoms with Crippen molar-refractivity contribution in [1.82, 2.24) is 0 Å². The van der Waals surface area contributed by atoms with E-state index in [9.17, 15) is 9.59 Å². The highest BCUT2D eigenvalue weighted by molar-refractivity contribution is 6.02. The molecule has 0 radical (unpaired) electrons. The summed E-state index contributed by atoms with van der Waals surface area (Å²) in [7, 11) is 0. The Morgan fingerprint density at radius 2 is 0.667 bits per heavy atom. The van der Waals surface area contributed by atoms with E-state index in [1.165, 1.54) is 0 Å². The molecule has 0 bridgehead atoms. The van der Waals surface area contributed by atoms with Gasteiger partial charge in [-0.3, -0.25) is 19.4 Å². The van der Waals surface area contributed by atoms with Gasteiger partial charge in [-0.2, -0.15) is 0 Å². The van der Waals surface area contributed by atoms with Gasteiger partial charge in [-0.05, 0) is 48.5 Å². The van der Waals surface area contributed by atoms with Gasteiger partial charge in [0.25, 0.3) is 11.8 Å². The molecule has 0 spiro atoms. The molecule has 0 aliphatic carbocycles. The highest BCUT2D eigenvalue weighted by Gasteiger charge is 2.19. The molecule has 39 heavy (non-hydrogen) atoms. The molecule has 4 rings (SSSR count). The van der Waals surface area contributed by atoms with Crippen LogP contribution in [0.5, 0.6) is 0 Å². The molecule has 2 amide bonds. The lowest BCUT2D eigenvalue weighted by Crippen LogP contribution is -2.30. The summed E-state index contributed by atoms with van der Waals surface area (Å²) in [5.41, 5.74) is 3.10. The predicted octanol–water partition coefficient (Wildman–Crippen LogP) is 5.77. The van der Waals surface area contributed by atoms with Crippen molar-refractivity contribution in [3.8, 4) is 0 Å². The molecule has 0 heterocycles. The maximum Gasteiger partial charge on any atom is 0.257 e. The maximum absolute atomic E-state index is 12.9. The Kier molecular flexibility index (Phi) is 10.8. The highest BCUT2D eigenvalue weighted by atomic mass is 16.5. The van der Waals surface area contributed by atoms with Crippen LogP contribution in [0.25, 0.3) is 0 Å². The van der Waals surface area contributed by atoms with E-state index >= 15 is 0 Å². The topological polar surface area (TPSA) is 68.3 Å². The normalized spacial score (nSPS) is 10.7. The van der Waals surface area contributed by atoms with Crippen molar-refractivity contribution in [2.45, 2.75) is 0 Å². The van der Waals surface area contributed by atoms with Gasteiger partial charge in [0.05, 0.1) is 26.4 Å². The maximum atomic E-state index is 12.9. The van der Waals surface area contributed by atoms with Crippen LogP contribution in [0.4, 0.5) is 22.7 Å². The Morgan fingerprint density at radius 1 is 0.410 bits per heavy atom. The number of nitrogens with zero attached hydrogens (tertiary/aromatic N) is 2. The SMILES string of the molecule is O=C(COCCOCCOCC(=O)N(c1ccccc1)c1ccccc1)N(c1ccccc1)c1ccccc1. The Labute approximate surface area is 229 Å². The van der Waals surface area contributed by atoms with Crippen LogP contribution in [0.3, 0.4) is 0 Å². The van der Waals surface area contributed by atoms with Crippen molar-refractivity contribution in [3.63, 3.8) is 0 Å². The van der Waals surface area contributed by atoms with E-state index in [2.05, 4.69) is 0 Å². The molecule has 0 N–H and O–H groups in total. The first-order valence-corrected chi connectivity index (χ1v) is 12.8. The fourth-order valence-electron chi connectivity index (χ4n) is 3.97. The van der Waals surface area contributed by atoms with Gasteiger partial charge in [-0.15, -0.1) is 0 Å². The van der Waals surface area contributed by atoms with Crippen molar-refractivity contribution in [2.75, 3.05) is 49.4 Å². The zero-order chi connectivity index (χ0) is 27.1. The van der Waals surface area contributed by atoms with E-state index in [1.807, 2.05) is 121 Å². The molecule has 7 heteroatoms. The molecule has 0 aliphatic heterocycles. The fraction of sp³-hybridized carbons (Fsp3) is 0.188. The Morgan fingerprint density at radius 3 is 0.949 bits per heavy atom. The summed E-state index contributed by atoms with van der Waals surface area (Å²) in [5, 5.41) is 0. The number of hydrogen-bond donors (Lipinski definition) is 0. The van der Waals surface area contributed by atoms with E-state index in [0.717, 1.165) is 22.7 Å². The molecule has 200 valence electrons. The van der Waals surface area contributed by atoms with Gasteiger partial charge in [0, 0.05) is 22.7 Å². The van der Waals surface area contributed by atoms with Gasteiger partial charge >= 0.3 is 0 Å². The Balaban J connectivity index is 1.16. The minimum atomic E-state index is -0.171. The molecule has 0 atom stereocenters. The van der Waals surface area contributed by atoms with Crippen molar-refractivity contribution in [3.05, 3.63) is 121 Å². The third kappa shape index (κ3) is 8.35. The Bertz CT molecular complexity index is 1090. The summed E-state index contributed by atoms with van der Waals surface area (Å²) in [6, 6.07) is 37.9. The van der Waals surface area contributed by atoms with Crippen LogP contribution in [0, 0.1) is 0 Å². The van der Waals surface area contributed by atoms with E-state index in [-0.39, 0.29) is 38.2 Å². The fourth-order valence-corrected chi connectivity index (χ4v) is 3.97. The van der Waals surface area contributed by atoms with Crippen LogP contribution in [0.1, 0.15) is 0 Å². The molecular formula is C32H32N2O5. The third-order valence-corrected chi connectivity index (χ3v) is 5.75. The molecular weight excluding hydrogens is 492 g/mol. The van der Waals surface area contributed by atoms with E-state index in [0.29, 0.717) is 13.2 Å². The summed E-state index contributed by atoms with van der Waals surface area (Å²) in [6.07, 6.45) is 0. The van der Waals surface area contributed by atoms with Crippen LogP contribution in [0.2, 0.25) is 0 Å². The number of amides is 2. The second-order valence-electron chi connectivity index (χ2n) is 8.52. The average Bonchev–Trinajstić information content (AvgIpc) is 2.99. The molecule has 0 fully saturated rings. The van der Waals surface area contributed by atoms with Crippen molar-refractivity contribution in [1.29, 1.82) is 0 Å². The second kappa shape index (κ2) is 15.2. The van der Waals surface area contributed by atoms with Gasteiger partial charge in [0.15, 0.2) is 0 Å². The minimum Gasteiger partial charge on any atom is -0.377 e. The standard InChI is InChI=1S/C32H32N2O5/c35-31(33(27-13-5-1-6-14-27)28-15-7-2-8-16-28)25-38-23-21-37-22-24-39-26-32(36)34(29-17-9-3-10-18-29)30-19-11-4-12-20-30/h1-20H,21-26H2. The molecule has 7 nitrogen and oxygen atoms in total. The van der Waals surface area contributed by atoms with Crippen LogP contribution >= 0.6 is 0 Å². The zero-order valence-electron chi connectivity index (χ0n) is 21.7. The van der Waals surface area contributed by atoms with Crippen LogP contribution < -0.4 is 9.80 Å². The van der Waals surface area contributed by atoms with E-state index in [4.69, 9.17) is 14.2 Å². The molecule has 0 aliphatic rings. The third-order valence-electron chi connectivity index (χ3n) is 5.75. The number of anilines is 4. The molecule has 0 aromatic heterocycles. The molecule has 4 aromatic rings. The van der Waals surface area contributed by atoms with Crippen LogP contribution in [-0.4, -0.2) is 51.5 Å². The lowest BCUT2D eigenvalue weighted by molar-refractivity contribution is -0.123. The monoisotopic (exact) mass is 524 g/mol. The largest absolute Gasteiger partial charge is 0.377 e. The molecule has 0 saturated heterocycles. The van der Waals surface area contributed by atoms with Crippen molar-refractivity contribution in [2.24, 2.45) is 0 Å². The number of ether oxygens (including phenoxy) is 3. The zero-order valence-corrected chi connectivity index (χ0v) is 21.7. The lowest BCUT2D eigenvalue weighted by atomic mass is 10.2. The number of benzene rings is 4. The first-order valence-electron chi connectivity index (χ1n) is 12.8. The summed E-state index contributed by atoms with van der Waals surface area (Å²) >= 11 is 0. The van der Waals surface area contributed by atoms with Gasteiger partial charge in [0.2, 0.25) is 0 Å². The quantitative estimate of drug-likeness (QED) is 0.196. The van der Waals surface area contributed by atoms with E-state index in [1.54, 1.807) is 9.80 Å². The number of carbonyl (C=O) groups excluding carboxylic acids is 2. The first kappa shape index (κ1) is 27.7. The highest BCUT2D eigenvalue weighted by Crippen LogP contribution is 2.26. The molecule has 0 unspecified atom stereocenters. The molecule has 4 aromatic carbocycles. The van der Waals surface area contributed by atoms with Gasteiger partial charge in [0.1, 0.15) is 13.2 Å². The van der Waals surface area contributed by atoms with Crippen LogP contribution in [0.15, 0.2) is 121 Å². The Hall–Kier alpha value is -4.30. The molecule has 0 saturated carbocycles. The van der Waals surface area contributed by atoms with Crippen molar-refractivity contribution >= 4 is 34.6 Å². The summed E-state index contributed by atoms with van der Waals surface area (Å²) in [4.78, 5) is 29.2. The van der Waals surface area contributed by atoms with Crippen molar-refractivity contribution < 1.29 is 23.8 Å². The smallest absolute Gasteiger partial charge is 0.257 e. The number of para-hydroxylation sites is 4. The number of rotatable bonds is 14. The number of carbonyl (C=O) groups is 2. The van der Waals surface area contributed by atoms with Crippen LogP contribution in [-0.2, 0) is 23.8 Å².